The monoisotopic (exact) mass is 315 g/mol. The van der Waals surface area contributed by atoms with Gasteiger partial charge in [0.2, 0.25) is 5.28 Å². The zero-order valence-electron chi connectivity index (χ0n) is 10.8. The Hall–Kier alpha value is -1.38. The minimum absolute atomic E-state index is 0.109. The normalized spacial score (nSPS) is 20.6. The number of sulfonamides is 1. The Morgan fingerprint density at radius 1 is 1.45 bits per heavy atom. The summed E-state index contributed by atoms with van der Waals surface area (Å²) in [4.78, 5) is 3.85. The Bertz CT molecular complexity index is 709. The van der Waals surface area contributed by atoms with Crippen molar-refractivity contribution in [2.24, 2.45) is 7.05 Å². The molecular weight excluding hydrogens is 302 g/mol. The van der Waals surface area contributed by atoms with Crippen LogP contribution in [0, 0.1) is 0 Å². The van der Waals surface area contributed by atoms with Gasteiger partial charge in [-0.1, -0.05) is 0 Å². The summed E-state index contributed by atoms with van der Waals surface area (Å²) in [5, 5.41) is 6.88. The number of H-pyrrole nitrogens is 1. The molecule has 20 heavy (non-hydrogen) atoms. The van der Waals surface area contributed by atoms with Crippen molar-refractivity contribution in [3.63, 3.8) is 0 Å². The molecule has 2 aromatic heterocycles. The van der Waals surface area contributed by atoms with Crippen LogP contribution in [0.4, 0.5) is 0 Å². The molecule has 9 heteroatoms. The first-order chi connectivity index (χ1) is 9.51. The summed E-state index contributed by atoms with van der Waals surface area (Å²) in [6, 6.07) is -0.188. The standard InChI is InChI=1S/C11H14ClN5O2S/c1-16-10(7-13-11(16)12)20(18,19)17-4-2-3-9(17)8-5-14-15-6-8/h5-7,9H,2-4H2,1H3,(H,14,15)/t9-/m0/s1. The lowest BCUT2D eigenvalue weighted by Gasteiger charge is -2.23. The molecule has 1 N–H and O–H groups in total. The van der Waals surface area contributed by atoms with Crippen LogP contribution in [0.25, 0.3) is 0 Å². The maximum atomic E-state index is 12.8. The van der Waals surface area contributed by atoms with Gasteiger partial charge in [-0.3, -0.25) is 5.10 Å². The minimum Gasteiger partial charge on any atom is -0.308 e. The van der Waals surface area contributed by atoms with Crippen molar-refractivity contribution in [3.8, 4) is 0 Å². The number of nitrogens with zero attached hydrogens (tertiary/aromatic N) is 4. The summed E-state index contributed by atoms with van der Waals surface area (Å²) in [6.07, 6.45) is 6.29. The van der Waals surface area contributed by atoms with Crippen LogP contribution in [0.3, 0.4) is 0 Å². The fourth-order valence-corrected chi connectivity index (χ4v) is 4.52. The van der Waals surface area contributed by atoms with Crippen LogP contribution in [0.2, 0.25) is 5.28 Å². The number of nitrogens with one attached hydrogen (secondary N) is 1. The second-order valence-electron chi connectivity index (χ2n) is 4.73. The first kappa shape index (κ1) is 13.6. The molecule has 108 valence electrons. The molecule has 0 aliphatic carbocycles. The van der Waals surface area contributed by atoms with Gasteiger partial charge in [0.25, 0.3) is 10.0 Å². The molecule has 0 unspecified atom stereocenters. The van der Waals surface area contributed by atoms with Gasteiger partial charge in [-0.15, -0.1) is 0 Å². The van der Waals surface area contributed by atoms with Crippen molar-refractivity contribution in [2.75, 3.05) is 6.54 Å². The zero-order chi connectivity index (χ0) is 14.3. The highest BCUT2D eigenvalue weighted by Crippen LogP contribution is 2.36. The van der Waals surface area contributed by atoms with Crippen LogP contribution in [0.15, 0.2) is 23.6 Å². The maximum absolute atomic E-state index is 12.8. The summed E-state index contributed by atoms with van der Waals surface area (Å²) < 4.78 is 28.4. The fourth-order valence-electron chi connectivity index (χ4n) is 2.54. The molecule has 1 fully saturated rings. The Morgan fingerprint density at radius 2 is 2.25 bits per heavy atom. The Labute approximate surface area is 121 Å². The van der Waals surface area contributed by atoms with Crippen LogP contribution in [-0.4, -0.2) is 39.0 Å². The number of rotatable bonds is 3. The number of aromatic nitrogens is 4. The van der Waals surface area contributed by atoms with Gasteiger partial charge in [-0.25, -0.2) is 13.4 Å². The molecule has 2 aromatic rings. The van der Waals surface area contributed by atoms with E-state index in [1.165, 1.54) is 15.1 Å². The smallest absolute Gasteiger partial charge is 0.260 e. The third kappa shape index (κ3) is 2.04. The summed E-state index contributed by atoms with van der Waals surface area (Å²) in [5.41, 5.74) is 0.874. The predicted molar refractivity (Wildman–Crippen MR) is 72.7 cm³/mol. The average Bonchev–Trinajstić information content (AvgIpc) is 3.11. The number of aromatic amines is 1. The van der Waals surface area contributed by atoms with Crippen LogP contribution in [0.5, 0.6) is 0 Å². The van der Waals surface area contributed by atoms with Gasteiger partial charge in [0.1, 0.15) is 0 Å². The average molecular weight is 316 g/mol. The van der Waals surface area contributed by atoms with E-state index in [0.29, 0.717) is 6.54 Å². The first-order valence-electron chi connectivity index (χ1n) is 6.19. The zero-order valence-corrected chi connectivity index (χ0v) is 12.4. The quantitative estimate of drug-likeness (QED) is 0.926. The topological polar surface area (TPSA) is 83.9 Å². The molecule has 3 rings (SSSR count). The highest BCUT2D eigenvalue weighted by Gasteiger charge is 2.38. The van der Waals surface area contributed by atoms with E-state index in [1.807, 2.05) is 0 Å². The van der Waals surface area contributed by atoms with E-state index in [1.54, 1.807) is 19.4 Å². The molecule has 1 atom stereocenters. The van der Waals surface area contributed by atoms with E-state index in [-0.39, 0.29) is 16.4 Å². The molecule has 0 spiro atoms. The summed E-state index contributed by atoms with van der Waals surface area (Å²) in [6.45, 7) is 0.487. The van der Waals surface area contributed by atoms with E-state index in [2.05, 4.69) is 15.2 Å². The molecule has 0 saturated carbocycles. The predicted octanol–water partition coefficient (Wildman–Crippen LogP) is 1.32. The van der Waals surface area contributed by atoms with Gasteiger partial charge in [-0.2, -0.15) is 9.40 Å². The van der Waals surface area contributed by atoms with Crippen LogP contribution >= 0.6 is 11.6 Å². The fraction of sp³-hybridized carbons (Fsp3) is 0.455. The summed E-state index contributed by atoms with van der Waals surface area (Å²) >= 11 is 5.83. The minimum atomic E-state index is -3.62. The lowest BCUT2D eigenvalue weighted by atomic mass is 10.1. The lowest BCUT2D eigenvalue weighted by molar-refractivity contribution is 0.393. The Morgan fingerprint density at radius 3 is 2.85 bits per heavy atom. The molecule has 0 bridgehead atoms. The van der Waals surface area contributed by atoms with Crippen molar-refractivity contribution in [1.29, 1.82) is 0 Å². The third-order valence-electron chi connectivity index (χ3n) is 3.57. The van der Waals surface area contributed by atoms with Crippen LogP contribution in [0.1, 0.15) is 24.4 Å². The van der Waals surface area contributed by atoms with Crippen molar-refractivity contribution >= 4 is 21.6 Å². The van der Waals surface area contributed by atoms with E-state index in [0.717, 1.165) is 18.4 Å². The number of hydrogen-bond donors (Lipinski definition) is 1. The summed E-state index contributed by atoms with van der Waals surface area (Å²) in [5.74, 6) is 0. The number of halogens is 1. The molecule has 3 heterocycles. The highest BCUT2D eigenvalue weighted by molar-refractivity contribution is 7.89. The van der Waals surface area contributed by atoms with E-state index in [4.69, 9.17) is 11.6 Å². The number of imidazole rings is 1. The van der Waals surface area contributed by atoms with Crippen LogP contribution < -0.4 is 0 Å². The van der Waals surface area contributed by atoms with Gasteiger partial charge in [-0.05, 0) is 24.4 Å². The third-order valence-corrected chi connectivity index (χ3v) is 5.88. The number of hydrogen-bond acceptors (Lipinski definition) is 4. The van der Waals surface area contributed by atoms with Crippen molar-refractivity contribution in [1.82, 2.24) is 24.1 Å². The van der Waals surface area contributed by atoms with Crippen molar-refractivity contribution in [3.05, 3.63) is 29.4 Å². The van der Waals surface area contributed by atoms with Crippen LogP contribution in [-0.2, 0) is 17.1 Å². The van der Waals surface area contributed by atoms with Gasteiger partial charge in [0.05, 0.1) is 18.4 Å². The first-order valence-corrected chi connectivity index (χ1v) is 8.01. The molecule has 7 nitrogen and oxygen atoms in total. The van der Waals surface area contributed by atoms with Gasteiger partial charge >= 0.3 is 0 Å². The van der Waals surface area contributed by atoms with E-state index in [9.17, 15) is 8.42 Å². The van der Waals surface area contributed by atoms with Crippen molar-refractivity contribution < 1.29 is 8.42 Å². The Kier molecular flexibility index (Phi) is 3.31. The molecule has 0 radical (unpaired) electrons. The molecule has 0 aromatic carbocycles. The second kappa shape index (κ2) is 4.87. The maximum Gasteiger partial charge on any atom is 0.260 e. The molecule has 1 aliphatic heterocycles. The highest BCUT2D eigenvalue weighted by atomic mass is 35.5. The van der Waals surface area contributed by atoms with Gasteiger partial charge < -0.3 is 4.57 Å². The Balaban J connectivity index is 2.01. The van der Waals surface area contributed by atoms with Gasteiger partial charge in [0.15, 0.2) is 5.03 Å². The summed E-state index contributed by atoms with van der Waals surface area (Å²) in [7, 11) is -2.03. The van der Waals surface area contributed by atoms with E-state index < -0.39 is 10.0 Å². The molecular formula is C11H14ClN5O2S. The molecule has 1 aliphatic rings. The molecule has 1 saturated heterocycles. The van der Waals surface area contributed by atoms with Gasteiger partial charge in [0, 0.05) is 25.4 Å². The second-order valence-corrected chi connectivity index (χ2v) is 6.91. The van der Waals surface area contributed by atoms with Crippen molar-refractivity contribution in [2.45, 2.75) is 23.9 Å². The van der Waals surface area contributed by atoms with E-state index >= 15 is 0 Å². The molecule has 0 amide bonds. The lowest BCUT2D eigenvalue weighted by Crippen LogP contribution is -2.31. The largest absolute Gasteiger partial charge is 0.308 e. The SMILES string of the molecule is Cn1c(S(=O)(=O)N2CCC[C@H]2c2cn[nH]c2)cnc1Cl.